The Balaban J connectivity index is 1.60. The van der Waals surface area contributed by atoms with Crippen LogP contribution in [-0.4, -0.2) is 15.8 Å². The molecule has 2 aliphatic carbocycles. The van der Waals surface area contributed by atoms with Gasteiger partial charge in [0.05, 0.1) is 6.20 Å². The highest BCUT2D eigenvalue weighted by molar-refractivity contribution is 5.12. The molecule has 2 fully saturated rings. The first kappa shape index (κ1) is 9.40. The van der Waals surface area contributed by atoms with Crippen LogP contribution in [0.5, 0.6) is 0 Å². The van der Waals surface area contributed by atoms with Crippen LogP contribution in [-0.2, 0) is 13.5 Å². The van der Waals surface area contributed by atoms with Crippen LogP contribution >= 0.6 is 0 Å². The first-order valence-electron chi connectivity index (χ1n) is 5.99. The van der Waals surface area contributed by atoms with Gasteiger partial charge in [0.15, 0.2) is 0 Å². The summed E-state index contributed by atoms with van der Waals surface area (Å²) in [6.07, 6.45) is 9.32. The van der Waals surface area contributed by atoms with Crippen molar-refractivity contribution < 1.29 is 0 Å². The van der Waals surface area contributed by atoms with Gasteiger partial charge in [-0.05, 0) is 42.6 Å². The van der Waals surface area contributed by atoms with Gasteiger partial charge in [0.1, 0.15) is 0 Å². The molecule has 0 spiro atoms. The van der Waals surface area contributed by atoms with Gasteiger partial charge in [-0.3, -0.25) is 4.68 Å². The molecule has 3 nitrogen and oxygen atoms in total. The maximum atomic E-state index is 6.27. The Bertz CT molecular complexity index is 348. The van der Waals surface area contributed by atoms with Crippen molar-refractivity contribution in [3.63, 3.8) is 0 Å². The monoisotopic (exact) mass is 205 g/mol. The third kappa shape index (κ3) is 1.59. The molecule has 3 rings (SSSR count). The quantitative estimate of drug-likeness (QED) is 0.809. The summed E-state index contributed by atoms with van der Waals surface area (Å²) in [5.74, 6) is 2.76. The Hall–Kier alpha value is -0.830. The molecular weight excluding hydrogens is 186 g/mol. The van der Waals surface area contributed by atoms with Crippen molar-refractivity contribution in [3.05, 3.63) is 18.0 Å². The number of nitrogens with two attached hydrogens (primary N) is 1. The van der Waals surface area contributed by atoms with Crippen molar-refractivity contribution in [3.8, 4) is 0 Å². The Kier molecular flexibility index (Phi) is 2.09. The highest BCUT2D eigenvalue weighted by Gasteiger charge is 2.54. The van der Waals surface area contributed by atoms with Gasteiger partial charge < -0.3 is 5.73 Å². The van der Waals surface area contributed by atoms with Crippen molar-refractivity contribution in [1.82, 2.24) is 9.78 Å². The fourth-order valence-corrected chi connectivity index (χ4v) is 3.50. The number of aryl methyl sites for hydroxylation is 1. The van der Waals surface area contributed by atoms with Crippen LogP contribution in [0.3, 0.4) is 0 Å². The normalized spacial score (nSPS) is 35.2. The molecule has 1 aromatic heterocycles. The van der Waals surface area contributed by atoms with Crippen LogP contribution in [0.1, 0.15) is 24.8 Å². The van der Waals surface area contributed by atoms with E-state index in [1.807, 2.05) is 17.9 Å². The largest absolute Gasteiger partial charge is 0.327 e. The molecule has 2 saturated carbocycles. The number of nitrogens with zero attached hydrogens (tertiary/aromatic N) is 2. The lowest BCUT2D eigenvalue weighted by molar-refractivity contribution is 0.484. The molecule has 0 aliphatic heterocycles. The summed E-state index contributed by atoms with van der Waals surface area (Å²) in [7, 11) is 1.96. The maximum absolute atomic E-state index is 6.27. The standard InChI is InChI=1S/C12H19N3/c1-15-7-8(6-14-15)5-11(13)12-9-3-2-4-10(9)12/h6-7,9-12H,2-5,13H2,1H3. The van der Waals surface area contributed by atoms with E-state index in [9.17, 15) is 0 Å². The number of hydrogen-bond donors (Lipinski definition) is 1. The zero-order valence-electron chi connectivity index (χ0n) is 9.26. The summed E-state index contributed by atoms with van der Waals surface area (Å²) in [6.45, 7) is 0. The van der Waals surface area contributed by atoms with E-state index in [1.165, 1.54) is 24.8 Å². The van der Waals surface area contributed by atoms with Gasteiger partial charge in [-0.1, -0.05) is 6.42 Å². The van der Waals surface area contributed by atoms with Crippen molar-refractivity contribution in [2.75, 3.05) is 0 Å². The van der Waals surface area contributed by atoms with Gasteiger partial charge >= 0.3 is 0 Å². The minimum Gasteiger partial charge on any atom is -0.327 e. The minimum atomic E-state index is 0.365. The molecule has 0 amide bonds. The Morgan fingerprint density at radius 1 is 1.53 bits per heavy atom. The third-order valence-corrected chi connectivity index (χ3v) is 4.20. The van der Waals surface area contributed by atoms with E-state index in [-0.39, 0.29) is 0 Å². The lowest BCUT2D eigenvalue weighted by Crippen LogP contribution is -2.27. The highest BCUT2D eigenvalue weighted by Crippen LogP contribution is 2.58. The topological polar surface area (TPSA) is 43.8 Å². The van der Waals surface area contributed by atoms with Crippen molar-refractivity contribution in [2.24, 2.45) is 30.5 Å². The van der Waals surface area contributed by atoms with Gasteiger partial charge in [0.25, 0.3) is 0 Å². The molecule has 15 heavy (non-hydrogen) atoms. The number of aromatic nitrogens is 2. The molecular formula is C12H19N3. The maximum Gasteiger partial charge on any atom is 0.0522 e. The second kappa shape index (κ2) is 3.34. The van der Waals surface area contributed by atoms with Crippen LogP contribution < -0.4 is 5.73 Å². The van der Waals surface area contributed by atoms with Crippen molar-refractivity contribution >= 4 is 0 Å². The zero-order chi connectivity index (χ0) is 10.4. The molecule has 2 aliphatic rings. The van der Waals surface area contributed by atoms with E-state index in [1.54, 1.807) is 0 Å². The van der Waals surface area contributed by atoms with Crippen molar-refractivity contribution in [2.45, 2.75) is 31.7 Å². The number of rotatable bonds is 3. The summed E-state index contributed by atoms with van der Waals surface area (Å²) >= 11 is 0. The lowest BCUT2D eigenvalue weighted by Gasteiger charge is -2.12. The highest BCUT2D eigenvalue weighted by atomic mass is 15.2. The van der Waals surface area contributed by atoms with Gasteiger partial charge in [0.2, 0.25) is 0 Å². The summed E-state index contributed by atoms with van der Waals surface area (Å²) < 4.78 is 1.86. The Morgan fingerprint density at radius 2 is 2.27 bits per heavy atom. The van der Waals surface area contributed by atoms with Crippen molar-refractivity contribution in [1.29, 1.82) is 0 Å². The van der Waals surface area contributed by atoms with Crippen LogP contribution in [0.25, 0.3) is 0 Å². The summed E-state index contributed by atoms with van der Waals surface area (Å²) in [5.41, 5.74) is 7.56. The molecule has 1 aromatic rings. The average molecular weight is 205 g/mol. The van der Waals surface area contributed by atoms with E-state index < -0.39 is 0 Å². The SMILES string of the molecule is Cn1cc(CC(N)C2C3CCCC32)cn1. The predicted molar refractivity (Wildman–Crippen MR) is 59.2 cm³/mol. The molecule has 82 valence electrons. The van der Waals surface area contributed by atoms with Gasteiger partial charge in [-0.25, -0.2) is 0 Å². The molecule has 2 N–H and O–H groups in total. The van der Waals surface area contributed by atoms with E-state index in [0.29, 0.717) is 6.04 Å². The van der Waals surface area contributed by atoms with Gasteiger partial charge in [-0.2, -0.15) is 5.10 Å². The lowest BCUT2D eigenvalue weighted by atomic mass is 10.00. The van der Waals surface area contributed by atoms with E-state index in [2.05, 4.69) is 11.3 Å². The van der Waals surface area contributed by atoms with Crippen LogP contribution in [0.15, 0.2) is 12.4 Å². The van der Waals surface area contributed by atoms with Gasteiger partial charge in [0, 0.05) is 19.3 Å². The first-order chi connectivity index (χ1) is 7.25. The van der Waals surface area contributed by atoms with E-state index >= 15 is 0 Å². The van der Waals surface area contributed by atoms with E-state index in [0.717, 1.165) is 24.2 Å². The predicted octanol–water partition coefficient (Wildman–Crippen LogP) is 1.34. The molecule has 0 bridgehead atoms. The summed E-state index contributed by atoms with van der Waals surface area (Å²) in [4.78, 5) is 0. The molecule has 3 unspecified atom stereocenters. The fourth-order valence-electron chi connectivity index (χ4n) is 3.50. The Labute approximate surface area is 90.7 Å². The van der Waals surface area contributed by atoms with E-state index in [4.69, 9.17) is 5.73 Å². The third-order valence-electron chi connectivity index (χ3n) is 4.20. The fraction of sp³-hybridized carbons (Fsp3) is 0.750. The number of hydrogen-bond acceptors (Lipinski definition) is 2. The molecule has 1 heterocycles. The second-order valence-corrected chi connectivity index (χ2v) is 5.23. The zero-order valence-corrected chi connectivity index (χ0v) is 9.26. The van der Waals surface area contributed by atoms with Crippen LogP contribution in [0.2, 0.25) is 0 Å². The second-order valence-electron chi connectivity index (χ2n) is 5.23. The molecule has 3 atom stereocenters. The molecule has 0 radical (unpaired) electrons. The summed E-state index contributed by atoms with van der Waals surface area (Å²) in [6, 6.07) is 0.365. The molecule has 0 aromatic carbocycles. The Morgan fingerprint density at radius 3 is 2.87 bits per heavy atom. The average Bonchev–Trinajstić information content (AvgIpc) is 2.60. The molecule has 3 heteroatoms. The van der Waals surface area contributed by atoms with Crippen LogP contribution in [0, 0.1) is 17.8 Å². The summed E-state index contributed by atoms with van der Waals surface area (Å²) in [5, 5.41) is 4.18. The number of fused-ring (bicyclic) bond motifs is 1. The minimum absolute atomic E-state index is 0.365. The smallest absolute Gasteiger partial charge is 0.0522 e. The molecule has 0 saturated heterocycles. The van der Waals surface area contributed by atoms with Gasteiger partial charge in [-0.15, -0.1) is 0 Å². The van der Waals surface area contributed by atoms with Crippen LogP contribution in [0.4, 0.5) is 0 Å². The first-order valence-corrected chi connectivity index (χ1v) is 5.99.